The third-order valence-corrected chi connectivity index (χ3v) is 5.52. The topological polar surface area (TPSA) is 77.4 Å². The molecule has 0 saturated carbocycles. The molecule has 0 N–H and O–H groups in total. The third kappa shape index (κ3) is 4.17. The van der Waals surface area contributed by atoms with Crippen molar-refractivity contribution in [3.63, 3.8) is 0 Å². The predicted octanol–water partition coefficient (Wildman–Crippen LogP) is 3.47. The van der Waals surface area contributed by atoms with Gasteiger partial charge in [-0.1, -0.05) is 30.5 Å². The summed E-state index contributed by atoms with van der Waals surface area (Å²) in [6.45, 7) is 7.73. The Balaban J connectivity index is 2.11. The Morgan fingerprint density at radius 1 is 1.41 bits per heavy atom. The van der Waals surface area contributed by atoms with Crippen molar-refractivity contribution >= 4 is 28.8 Å². The molecule has 0 spiro atoms. The van der Waals surface area contributed by atoms with Crippen molar-refractivity contribution in [1.82, 2.24) is 4.90 Å². The summed E-state index contributed by atoms with van der Waals surface area (Å²) in [7, 11) is 1.54. The molecule has 8 heteroatoms. The van der Waals surface area contributed by atoms with Gasteiger partial charge < -0.3 is 14.2 Å². The van der Waals surface area contributed by atoms with Crippen molar-refractivity contribution in [2.75, 3.05) is 26.1 Å². The quantitative estimate of drug-likeness (QED) is 0.500. The maximum absolute atomic E-state index is 12.8. The van der Waals surface area contributed by atoms with Crippen molar-refractivity contribution in [2.45, 2.75) is 26.3 Å². The lowest BCUT2D eigenvalue weighted by atomic mass is 9.94. The van der Waals surface area contributed by atoms with Crippen LogP contribution in [-0.4, -0.2) is 48.0 Å². The van der Waals surface area contributed by atoms with E-state index in [0.29, 0.717) is 46.7 Å². The van der Waals surface area contributed by atoms with Crippen molar-refractivity contribution < 1.29 is 23.8 Å². The molecule has 154 valence electrons. The van der Waals surface area contributed by atoms with Crippen LogP contribution in [0.5, 0.6) is 11.5 Å². The molecule has 2 aliphatic rings. The largest absolute Gasteiger partial charge is 0.493 e. The van der Waals surface area contributed by atoms with Gasteiger partial charge in [-0.25, -0.2) is 9.79 Å². The van der Waals surface area contributed by atoms with Crippen LogP contribution in [-0.2, 0) is 14.3 Å². The van der Waals surface area contributed by atoms with E-state index in [-0.39, 0.29) is 12.5 Å². The minimum Gasteiger partial charge on any atom is -0.493 e. The SMILES string of the molecule is C=CCOc1ccc([C@@H]2C(C(=O)OCC)=C(C)N=C3SCCC(=O)N32)cc1OC. The molecule has 7 nitrogen and oxygen atoms in total. The summed E-state index contributed by atoms with van der Waals surface area (Å²) in [5, 5.41) is 0.600. The second kappa shape index (κ2) is 9.17. The van der Waals surface area contributed by atoms with E-state index >= 15 is 0 Å². The average molecular weight is 416 g/mol. The molecule has 1 fully saturated rings. The van der Waals surface area contributed by atoms with Crippen LogP contribution in [0.3, 0.4) is 0 Å². The van der Waals surface area contributed by atoms with Gasteiger partial charge in [-0.2, -0.15) is 0 Å². The number of methoxy groups -OCH3 is 1. The van der Waals surface area contributed by atoms with Crippen LogP contribution in [0.2, 0.25) is 0 Å². The number of aliphatic imine (C=N–C) groups is 1. The van der Waals surface area contributed by atoms with Crippen LogP contribution < -0.4 is 9.47 Å². The number of rotatable bonds is 7. The van der Waals surface area contributed by atoms with Crippen LogP contribution in [0.15, 0.2) is 47.1 Å². The second-order valence-electron chi connectivity index (χ2n) is 6.39. The molecule has 0 aliphatic carbocycles. The fourth-order valence-electron chi connectivity index (χ4n) is 3.30. The van der Waals surface area contributed by atoms with Gasteiger partial charge >= 0.3 is 5.97 Å². The second-order valence-corrected chi connectivity index (χ2v) is 7.45. The van der Waals surface area contributed by atoms with Gasteiger partial charge in [0.25, 0.3) is 0 Å². The van der Waals surface area contributed by atoms with Crippen molar-refractivity contribution in [1.29, 1.82) is 0 Å². The lowest BCUT2D eigenvalue weighted by molar-refractivity contribution is -0.139. The van der Waals surface area contributed by atoms with Gasteiger partial charge in [-0.05, 0) is 31.5 Å². The lowest BCUT2D eigenvalue weighted by Crippen LogP contribution is -2.45. The number of esters is 1. The number of carbonyl (C=O) groups excluding carboxylic acids is 2. The van der Waals surface area contributed by atoms with Gasteiger partial charge in [-0.15, -0.1) is 0 Å². The number of carbonyl (C=O) groups is 2. The van der Waals surface area contributed by atoms with Crippen LogP contribution >= 0.6 is 11.8 Å². The fourth-order valence-corrected chi connectivity index (χ4v) is 4.31. The van der Waals surface area contributed by atoms with Gasteiger partial charge in [0.1, 0.15) is 6.61 Å². The molecule has 2 heterocycles. The van der Waals surface area contributed by atoms with Crippen molar-refractivity contribution in [3.05, 3.63) is 47.7 Å². The van der Waals surface area contributed by atoms with Crippen LogP contribution in [0.25, 0.3) is 0 Å². The highest BCUT2D eigenvalue weighted by molar-refractivity contribution is 8.14. The summed E-state index contributed by atoms with van der Waals surface area (Å²) in [6.07, 6.45) is 2.03. The minimum absolute atomic E-state index is 0.0762. The van der Waals surface area contributed by atoms with E-state index in [9.17, 15) is 9.59 Å². The normalized spacial score (nSPS) is 18.7. The molecule has 1 aromatic rings. The number of amides is 1. The van der Waals surface area contributed by atoms with E-state index in [1.54, 1.807) is 44.1 Å². The molecule has 2 aliphatic heterocycles. The molecule has 29 heavy (non-hydrogen) atoms. The minimum atomic E-state index is -0.635. The highest BCUT2D eigenvalue weighted by Crippen LogP contribution is 2.42. The molecule has 1 aromatic carbocycles. The zero-order valence-electron chi connectivity index (χ0n) is 16.8. The Kier molecular flexibility index (Phi) is 6.64. The van der Waals surface area contributed by atoms with Crippen LogP contribution in [0, 0.1) is 0 Å². The van der Waals surface area contributed by atoms with E-state index in [1.165, 1.54) is 11.8 Å². The number of hydrogen-bond donors (Lipinski definition) is 0. The predicted molar refractivity (Wildman–Crippen MR) is 112 cm³/mol. The van der Waals surface area contributed by atoms with Crippen LogP contribution in [0.4, 0.5) is 0 Å². The first-order valence-electron chi connectivity index (χ1n) is 9.34. The summed E-state index contributed by atoms with van der Waals surface area (Å²) in [6, 6.07) is 4.74. The number of allylic oxidation sites excluding steroid dienone is 1. The zero-order chi connectivity index (χ0) is 21.0. The summed E-state index contributed by atoms with van der Waals surface area (Å²) in [5.41, 5.74) is 1.62. The first-order chi connectivity index (χ1) is 14.0. The van der Waals surface area contributed by atoms with Gasteiger partial charge in [0.15, 0.2) is 16.7 Å². The molecule has 1 amide bonds. The molecular weight excluding hydrogens is 392 g/mol. The van der Waals surface area contributed by atoms with Gasteiger partial charge in [0.2, 0.25) is 5.91 Å². The molecular formula is C21H24N2O5S. The molecule has 0 bridgehead atoms. The van der Waals surface area contributed by atoms with E-state index in [4.69, 9.17) is 14.2 Å². The Morgan fingerprint density at radius 3 is 2.90 bits per heavy atom. The smallest absolute Gasteiger partial charge is 0.338 e. The molecule has 3 rings (SSSR count). The summed E-state index contributed by atoms with van der Waals surface area (Å²) in [5.74, 6) is 1.17. The highest BCUT2D eigenvalue weighted by Gasteiger charge is 2.41. The third-order valence-electron chi connectivity index (χ3n) is 4.56. The van der Waals surface area contributed by atoms with E-state index in [0.717, 1.165) is 5.56 Å². The van der Waals surface area contributed by atoms with Gasteiger partial charge in [0, 0.05) is 12.2 Å². The average Bonchev–Trinajstić information content (AvgIpc) is 2.71. The zero-order valence-corrected chi connectivity index (χ0v) is 17.6. The fraction of sp³-hybridized carbons (Fsp3) is 0.381. The van der Waals surface area contributed by atoms with Crippen molar-refractivity contribution in [2.24, 2.45) is 4.99 Å². The maximum Gasteiger partial charge on any atom is 0.338 e. The van der Waals surface area contributed by atoms with Crippen molar-refractivity contribution in [3.8, 4) is 11.5 Å². The first kappa shape index (κ1) is 21.0. The van der Waals surface area contributed by atoms with Gasteiger partial charge in [0.05, 0.1) is 31.0 Å². The first-order valence-corrected chi connectivity index (χ1v) is 10.3. The van der Waals surface area contributed by atoms with E-state index in [1.807, 2.05) is 6.07 Å². The monoisotopic (exact) mass is 416 g/mol. The standard InChI is InChI=1S/C21H24N2O5S/c1-5-10-28-15-8-7-14(12-16(15)26-4)19-18(20(25)27-6-2)13(3)22-21-23(19)17(24)9-11-29-21/h5,7-8,12,19H,1,6,9-11H2,2-4H3/t19-/m1/s1. The van der Waals surface area contributed by atoms with Gasteiger partial charge in [-0.3, -0.25) is 9.69 Å². The summed E-state index contributed by atoms with van der Waals surface area (Å²) < 4.78 is 16.4. The summed E-state index contributed by atoms with van der Waals surface area (Å²) in [4.78, 5) is 31.7. The number of benzene rings is 1. The molecule has 0 aromatic heterocycles. The lowest BCUT2D eigenvalue weighted by Gasteiger charge is -2.39. The molecule has 0 unspecified atom stereocenters. The Labute approximate surface area is 174 Å². The Bertz CT molecular complexity index is 893. The molecule has 1 saturated heterocycles. The Morgan fingerprint density at radius 2 is 2.21 bits per heavy atom. The number of nitrogens with zero attached hydrogens (tertiary/aromatic N) is 2. The Hall–Kier alpha value is -2.74. The molecule has 0 radical (unpaired) electrons. The number of amidine groups is 1. The van der Waals surface area contributed by atoms with E-state index < -0.39 is 12.0 Å². The highest BCUT2D eigenvalue weighted by atomic mass is 32.2. The van der Waals surface area contributed by atoms with E-state index in [2.05, 4.69) is 11.6 Å². The number of thioether (sulfide) groups is 1. The maximum atomic E-state index is 12.8. The van der Waals surface area contributed by atoms with Crippen LogP contribution in [0.1, 0.15) is 31.9 Å². The number of fused-ring (bicyclic) bond motifs is 1. The number of ether oxygens (including phenoxy) is 3. The summed E-state index contributed by atoms with van der Waals surface area (Å²) >= 11 is 1.51. The number of hydrogen-bond acceptors (Lipinski definition) is 7. The molecule has 1 atom stereocenters.